The normalized spacial score (nSPS) is 12.8. The maximum absolute atomic E-state index is 12.7. The molecule has 1 aromatic carbocycles. The van der Waals surface area contributed by atoms with Crippen LogP contribution in [0.15, 0.2) is 29.1 Å². The van der Waals surface area contributed by atoms with Gasteiger partial charge in [0.25, 0.3) is 11.5 Å². The lowest BCUT2D eigenvalue weighted by atomic mass is 10.2. The van der Waals surface area contributed by atoms with Gasteiger partial charge in [0.1, 0.15) is 15.5 Å². The molecule has 4 rings (SSSR count). The highest BCUT2D eigenvalue weighted by atomic mass is 32.1. The highest BCUT2D eigenvalue weighted by Crippen LogP contribution is 2.29. The van der Waals surface area contributed by atoms with Gasteiger partial charge in [0.05, 0.1) is 5.39 Å². The van der Waals surface area contributed by atoms with Gasteiger partial charge < -0.3 is 10.1 Å². The Balaban J connectivity index is 1.49. The number of ether oxygens (including phenoxy) is 1. The maximum Gasteiger partial charge on any atom is 0.349 e. The number of carbonyl (C=O) groups excluding carboxylic acids is 2. The summed E-state index contributed by atoms with van der Waals surface area (Å²) in [6.45, 7) is 3.93. The molecule has 0 bridgehead atoms. The Bertz CT molecular complexity index is 1140. The van der Waals surface area contributed by atoms with Gasteiger partial charge in [-0.15, -0.1) is 11.3 Å². The number of benzene rings is 1. The Morgan fingerprint density at radius 2 is 2.00 bits per heavy atom. The number of nitrogens with one attached hydrogen (secondary N) is 1. The topological polar surface area (TPSA) is 90.3 Å². The molecule has 0 saturated heterocycles. The van der Waals surface area contributed by atoms with E-state index in [1.165, 1.54) is 0 Å². The van der Waals surface area contributed by atoms with Crippen LogP contribution in [-0.2, 0) is 22.5 Å². The Labute approximate surface area is 165 Å². The summed E-state index contributed by atoms with van der Waals surface area (Å²) in [5, 5.41) is 3.14. The molecular weight excluding hydrogens is 378 g/mol. The predicted octanol–water partition coefficient (Wildman–Crippen LogP) is 2.82. The van der Waals surface area contributed by atoms with E-state index < -0.39 is 18.5 Å². The second-order valence-corrected chi connectivity index (χ2v) is 7.81. The molecule has 144 valence electrons. The van der Waals surface area contributed by atoms with Crippen molar-refractivity contribution in [3.05, 3.63) is 56.4 Å². The van der Waals surface area contributed by atoms with Gasteiger partial charge in [-0.1, -0.05) is 17.7 Å². The van der Waals surface area contributed by atoms with E-state index in [1.807, 2.05) is 19.1 Å². The van der Waals surface area contributed by atoms with Crippen LogP contribution in [0.4, 0.5) is 5.69 Å². The summed E-state index contributed by atoms with van der Waals surface area (Å²) in [7, 11) is 0. The highest BCUT2D eigenvalue weighted by Gasteiger charge is 2.24. The lowest BCUT2D eigenvalue weighted by Gasteiger charge is -2.06. The zero-order valence-corrected chi connectivity index (χ0v) is 16.4. The summed E-state index contributed by atoms with van der Waals surface area (Å²) in [6, 6.07) is 7.32. The lowest BCUT2D eigenvalue weighted by Crippen LogP contribution is -2.21. The van der Waals surface area contributed by atoms with Gasteiger partial charge in [-0.25, -0.2) is 9.78 Å². The standard InChI is InChI=1S/C20H19N3O4S/c1-11-5-7-13(8-6-11)21-15(24)10-27-20(26)17-12(2)16-18(28-17)22-14-4-3-9-23(14)19(16)25/h5-8H,3-4,9-10H2,1-2H3,(H,21,24). The molecular formula is C20H19N3O4S. The number of amides is 1. The number of hydrogen-bond acceptors (Lipinski definition) is 6. The Kier molecular flexibility index (Phi) is 4.72. The van der Waals surface area contributed by atoms with Crippen molar-refractivity contribution in [1.82, 2.24) is 9.55 Å². The largest absolute Gasteiger partial charge is 0.451 e. The summed E-state index contributed by atoms with van der Waals surface area (Å²) in [6.07, 6.45) is 1.67. The summed E-state index contributed by atoms with van der Waals surface area (Å²) < 4.78 is 6.83. The monoisotopic (exact) mass is 397 g/mol. The second-order valence-electron chi connectivity index (χ2n) is 6.82. The summed E-state index contributed by atoms with van der Waals surface area (Å²) in [5.41, 5.74) is 2.17. The number of anilines is 1. The molecule has 0 unspecified atom stereocenters. The molecule has 0 atom stereocenters. The van der Waals surface area contributed by atoms with Gasteiger partial charge in [-0.05, 0) is 38.0 Å². The minimum atomic E-state index is -0.621. The van der Waals surface area contributed by atoms with Crippen molar-refractivity contribution in [2.75, 3.05) is 11.9 Å². The summed E-state index contributed by atoms with van der Waals surface area (Å²) in [5.74, 6) is -0.284. The third kappa shape index (κ3) is 3.31. The molecule has 1 aliphatic heterocycles. The third-order valence-electron chi connectivity index (χ3n) is 4.77. The predicted molar refractivity (Wildman–Crippen MR) is 107 cm³/mol. The number of thiophene rings is 1. The molecule has 0 radical (unpaired) electrons. The fourth-order valence-corrected chi connectivity index (χ4v) is 4.38. The van der Waals surface area contributed by atoms with Crippen molar-refractivity contribution in [2.24, 2.45) is 0 Å². The quantitative estimate of drug-likeness (QED) is 0.684. The SMILES string of the molecule is Cc1ccc(NC(=O)COC(=O)c2sc3nc4n(c(=O)c3c2C)CCC4)cc1. The first kappa shape index (κ1) is 18.4. The Morgan fingerprint density at radius 3 is 2.75 bits per heavy atom. The van der Waals surface area contributed by atoms with E-state index >= 15 is 0 Å². The van der Waals surface area contributed by atoms with Crippen LogP contribution in [0, 0.1) is 13.8 Å². The number of carbonyl (C=O) groups is 2. The van der Waals surface area contributed by atoms with Gasteiger partial charge in [-0.2, -0.15) is 0 Å². The molecule has 0 saturated carbocycles. The van der Waals surface area contributed by atoms with Crippen LogP contribution < -0.4 is 10.9 Å². The van der Waals surface area contributed by atoms with E-state index in [-0.39, 0.29) is 5.56 Å². The average Bonchev–Trinajstić information content (AvgIpc) is 3.27. The number of nitrogens with zero attached hydrogens (tertiary/aromatic N) is 2. The molecule has 1 aliphatic rings. The number of fused-ring (bicyclic) bond motifs is 2. The molecule has 28 heavy (non-hydrogen) atoms. The number of aryl methyl sites for hydroxylation is 3. The van der Waals surface area contributed by atoms with E-state index in [4.69, 9.17) is 4.74 Å². The van der Waals surface area contributed by atoms with Gasteiger partial charge >= 0.3 is 5.97 Å². The van der Waals surface area contributed by atoms with Crippen LogP contribution in [0.3, 0.4) is 0 Å². The molecule has 2 aromatic heterocycles. The van der Waals surface area contributed by atoms with E-state index in [0.717, 1.165) is 35.6 Å². The number of aromatic nitrogens is 2. The van der Waals surface area contributed by atoms with Crippen molar-refractivity contribution < 1.29 is 14.3 Å². The molecule has 1 N–H and O–H groups in total. The highest BCUT2D eigenvalue weighted by molar-refractivity contribution is 7.20. The molecule has 8 heteroatoms. The molecule has 3 heterocycles. The van der Waals surface area contributed by atoms with E-state index in [9.17, 15) is 14.4 Å². The fourth-order valence-electron chi connectivity index (χ4n) is 3.30. The van der Waals surface area contributed by atoms with Gasteiger partial charge in [-0.3, -0.25) is 14.2 Å². The average molecular weight is 397 g/mol. The zero-order valence-electron chi connectivity index (χ0n) is 15.6. The first-order valence-corrected chi connectivity index (χ1v) is 9.82. The Morgan fingerprint density at radius 1 is 1.25 bits per heavy atom. The number of rotatable bonds is 4. The van der Waals surface area contributed by atoms with Gasteiger partial charge in [0.15, 0.2) is 6.61 Å². The van der Waals surface area contributed by atoms with Crippen LogP contribution >= 0.6 is 11.3 Å². The summed E-state index contributed by atoms with van der Waals surface area (Å²) >= 11 is 1.14. The molecule has 3 aromatic rings. The van der Waals surface area contributed by atoms with Gasteiger partial charge in [0.2, 0.25) is 0 Å². The van der Waals surface area contributed by atoms with Crippen LogP contribution in [0.2, 0.25) is 0 Å². The molecule has 0 aliphatic carbocycles. The van der Waals surface area contributed by atoms with Gasteiger partial charge in [0, 0.05) is 18.7 Å². The third-order valence-corrected chi connectivity index (χ3v) is 5.93. The first-order valence-electron chi connectivity index (χ1n) is 9.00. The van der Waals surface area contributed by atoms with Crippen molar-refractivity contribution >= 4 is 39.1 Å². The van der Waals surface area contributed by atoms with E-state index in [1.54, 1.807) is 23.6 Å². The molecule has 0 fully saturated rings. The van der Waals surface area contributed by atoms with E-state index in [0.29, 0.717) is 32.9 Å². The minimum Gasteiger partial charge on any atom is -0.451 e. The second kappa shape index (κ2) is 7.20. The van der Waals surface area contributed by atoms with E-state index in [2.05, 4.69) is 10.3 Å². The first-order chi connectivity index (χ1) is 13.4. The maximum atomic E-state index is 12.7. The smallest absolute Gasteiger partial charge is 0.349 e. The van der Waals surface area contributed by atoms with Crippen molar-refractivity contribution in [2.45, 2.75) is 33.2 Å². The summed E-state index contributed by atoms with van der Waals surface area (Å²) in [4.78, 5) is 42.6. The van der Waals surface area contributed by atoms with Crippen LogP contribution in [0.1, 0.15) is 33.0 Å². The lowest BCUT2D eigenvalue weighted by molar-refractivity contribution is -0.119. The zero-order chi connectivity index (χ0) is 19.8. The molecule has 7 nitrogen and oxygen atoms in total. The van der Waals surface area contributed by atoms with Crippen LogP contribution in [-0.4, -0.2) is 28.0 Å². The number of hydrogen-bond donors (Lipinski definition) is 1. The molecule has 0 spiro atoms. The minimum absolute atomic E-state index is 0.109. The van der Waals surface area contributed by atoms with Crippen LogP contribution in [0.5, 0.6) is 0 Å². The van der Waals surface area contributed by atoms with Crippen molar-refractivity contribution in [3.63, 3.8) is 0 Å². The van der Waals surface area contributed by atoms with Crippen molar-refractivity contribution in [3.8, 4) is 0 Å². The Hall–Kier alpha value is -3.00. The van der Waals surface area contributed by atoms with Crippen molar-refractivity contribution in [1.29, 1.82) is 0 Å². The fraction of sp³-hybridized carbons (Fsp3) is 0.300. The number of esters is 1. The van der Waals surface area contributed by atoms with Crippen LogP contribution in [0.25, 0.3) is 10.2 Å². The molecule has 1 amide bonds.